The van der Waals surface area contributed by atoms with Gasteiger partial charge >= 0.3 is 17.9 Å². The Hall–Kier alpha value is -3.15. The summed E-state index contributed by atoms with van der Waals surface area (Å²) < 4.78 is 16.9. The number of ether oxygens (including phenoxy) is 3. The lowest BCUT2D eigenvalue weighted by Crippen LogP contribution is -2.30. The monoisotopic (exact) mass is 1020 g/mol. The normalized spacial score (nSPS) is 12.5. The minimum Gasteiger partial charge on any atom is -0.462 e. The van der Waals surface area contributed by atoms with Crippen LogP contribution >= 0.6 is 0 Å². The second-order valence-corrected chi connectivity index (χ2v) is 20.9. The van der Waals surface area contributed by atoms with E-state index in [9.17, 15) is 14.4 Å². The molecule has 6 nitrogen and oxygen atoms in total. The van der Waals surface area contributed by atoms with Crippen molar-refractivity contribution in [2.45, 2.75) is 322 Å². The number of carbonyl (C=O) groups is 3. The Kier molecular flexibility index (Phi) is 58.7. The predicted molar refractivity (Wildman–Crippen MR) is 316 cm³/mol. The van der Waals surface area contributed by atoms with Crippen molar-refractivity contribution in [3.63, 3.8) is 0 Å². The summed E-state index contributed by atoms with van der Waals surface area (Å²) in [7, 11) is 0. The standard InChI is InChI=1S/C67H118O6/c1-4-7-10-13-16-19-22-25-27-29-31-32-33-34-36-37-39-42-45-48-51-54-57-60-66(69)72-63-64(62-71-65(68)59-56-53-50-47-44-41-24-21-18-15-12-9-6-3)73-67(70)61-58-55-52-49-46-43-40-38-35-30-28-26-23-20-17-14-11-8-5-2/h7,10,16,19,21,24-25,27,31-32,34,36,64H,4-6,8-9,11-15,17-18,20,22-23,26,28-30,33,35,37-63H2,1-3H3/b10-7-,19-16-,24-21-,27-25-,32-31-,36-34-. The molecule has 0 amide bonds. The Morgan fingerprint density at radius 3 is 0.863 bits per heavy atom. The summed E-state index contributed by atoms with van der Waals surface area (Å²) in [5.74, 6) is -0.884. The number of allylic oxidation sites excluding steroid dienone is 12. The third-order valence-corrected chi connectivity index (χ3v) is 13.7. The summed E-state index contributed by atoms with van der Waals surface area (Å²) in [6.07, 6.45) is 79.0. The van der Waals surface area contributed by atoms with Crippen LogP contribution < -0.4 is 0 Å². The fourth-order valence-corrected chi connectivity index (χ4v) is 9.00. The van der Waals surface area contributed by atoms with Crippen molar-refractivity contribution >= 4 is 17.9 Å². The van der Waals surface area contributed by atoms with Crippen molar-refractivity contribution in [2.75, 3.05) is 13.2 Å². The Morgan fingerprint density at radius 1 is 0.288 bits per heavy atom. The molecule has 0 rings (SSSR count). The highest BCUT2D eigenvalue weighted by atomic mass is 16.6. The zero-order valence-electron chi connectivity index (χ0n) is 48.4. The highest BCUT2D eigenvalue weighted by Gasteiger charge is 2.19. The van der Waals surface area contributed by atoms with E-state index in [1.807, 2.05) is 0 Å². The molecule has 0 saturated heterocycles. The first kappa shape index (κ1) is 69.8. The van der Waals surface area contributed by atoms with Gasteiger partial charge in [-0.3, -0.25) is 14.4 Å². The van der Waals surface area contributed by atoms with Gasteiger partial charge in [-0.05, 0) is 89.9 Å². The maximum Gasteiger partial charge on any atom is 0.306 e. The topological polar surface area (TPSA) is 78.9 Å². The van der Waals surface area contributed by atoms with Gasteiger partial charge < -0.3 is 14.2 Å². The first-order chi connectivity index (χ1) is 36.0. The molecule has 1 unspecified atom stereocenters. The van der Waals surface area contributed by atoms with Gasteiger partial charge in [-0.25, -0.2) is 0 Å². The van der Waals surface area contributed by atoms with Crippen molar-refractivity contribution in [1.82, 2.24) is 0 Å². The first-order valence-corrected chi connectivity index (χ1v) is 31.4. The zero-order valence-corrected chi connectivity index (χ0v) is 48.4. The lowest BCUT2D eigenvalue weighted by Gasteiger charge is -2.18. The largest absolute Gasteiger partial charge is 0.462 e. The minimum atomic E-state index is -0.782. The second kappa shape index (κ2) is 61.4. The summed E-state index contributed by atoms with van der Waals surface area (Å²) in [4.78, 5) is 38.3. The molecule has 73 heavy (non-hydrogen) atoms. The maximum atomic E-state index is 12.9. The van der Waals surface area contributed by atoms with Gasteiger partial charge in [0.2, 0.25) is 0 Å². The molecule has 422 valence electrons. The van der Waals surface area contributed by atoms with E-state index < -0.39 is 6.10 Å². The van der Waals surface area contributed by atoms with Gasteiger partial charge in [-0.15, -0.1) is 0 Å². The molecule has 0 spiro atoms. The van der Waals surface area contributed by atoms with Gasteiger partial charge in [-0.1, -0.05) is 280 Å². The fraction of sp³-hybridized carbons (Fsp3) is 0.776. The zero-order chi connectivity index (χ0) is 52.9. The van der Waals surface area contributed by atoms with E-state index in [0.717, 1.165) is 103 Å². The summed E-state index contributed by atoms with van der Waals surface area (Å²) in [6.45, 7) is 6.53. The van der Waals surface area contributed by atoms with Gasteiger partial charge in [0.1, 0.15) is 13.2 Å². The minimum absolute atomic E-state index is 0.0805. The lowest BCUT2D eigenvalue weighted by atomic mass is 10.0. The van der Waals surface area contributed by atoms with E-state index in [-0.39, 0.29) is 31.1 Å². The maximum absolute atomic E-state index is 12.9. The van der Waals surface area contributed by atoms with Crippen LogP contribution in [0.15, 0.2) is 72.9 Å². The summed E-state index contributed by atoms with van der Waals surface area (Å²) in [5, 5.41) is 0. The molecule has 0 saturated carbocycles. The molecule has 0 fully saturated rings. The SMILES string of the molecule is CC/C=C\C/C=C\C/C=C\C/C=C\C/C=C\CCCCCCCCCC(=O)OCC(COC(=O)CCCCCCC/C=C\CCCCCC)OC(=O)CCCCCCCCCCCCCCCCCCCCC. The molecule has 0 aromatic heterocycles. The van der Waals surface area contributed by atoms with Crippen LogP contribution in [-0.2, 0) is 28.6 Å². The molecule has 6 heteroatoms. The van der Waals surface area contributed by atoms with Crippen molar-refractivity contribution in [3.05, 3.63) is 72.9 Å². The van der Waals surface area contributed by atoms with Gasteiger partial charge in [-0.2, -0.15) is 0 Å². The van der Waals surface area contributed by atoms with Crippen molar-refractivity contribution < 1.29 is 28.6 Å². The summed E-state index contributed by atoms with van der Waals surface area (Å²) >= 11 is 0. The van der Waals surface area contributed by atoms with Crippen LogP contribution in [0.1, 0.15) is 316 Å². The third-order valence-electron chi connectivity index (χ3n) is 13.7. The van der Waals surface area contributed by atoms with Crippen LogP contribution in [0.5, 0.6) is 0 Å². The molecule has 0 aliphatic carbocycles. The van der Waals surface area contributed by atoms with Gasteiger partial charge in [0, 0.05) is 19.3 Å². The average Bonchev–Trinajstić information content (AvgIpc) is 3.39. The molecule has 0 aromatic rings. The number of esters is 3. The van der Waals surface area contributed by atoms with E-state index in [4.69, 9.17) is 14.2 Å². The molecule has 1 atom stereocenters. The van der Waals surface area contributed by atoms with Gasteiger partial charge in [0.15, 0.2) is 6.10 Å². The first-order valence-electron chi connectivity index (χ1n) is 31.4. The average molecular weight is 1020 g/mol. The predicted octanol–water partition coefficient (Wildman–Crippen LogP) is 21.3. The molecule has 0 N–H and O–H groups in total. The fourth-order valence-electron chi connectivity index (χ4n) is 9.00. The number of unbranched alkanes of at least 4 members (excludes halogenated alkanes) is 34. The second-order valence-electron chi connectivity index (χ2n) is 20.9. The number of hydrogen-bond donors (Lipinski definition) is 0. The van der Waals surface area contributed by atoms with E-state index in [0.29, 0.717) is 19.3 Å². The Bertz CT molecular complexity index is 1360. The van der Waals surface area contributed by atoms with Gasteiger partial charge in [0.25, 0.3) is 0 Å². The van der Waals surface area contributed by atoms with E-state index in [2.05, 4.69) is 93.7 Å². The summed E-state index contributed by atoms with van der Waals surface area (Å²) in [5.41, 5.74) is 0. The molecular weight excluding hydrogens is 901 g/mol. The van der Waals surface area contributed by atoms with Crippen LogP contribution in [0.4, 0.5) is 0 Å². The molecule has 0 heterocycles. The number of carbonyl (C=O) groups excluding carboxylic acids is 3. The molecular formula is C67H118O6. The molecule has 0 aliphatic rings. The lowest BCUT2D eigenvalue weighted by molar-refractivity contribution is -0.167. The van der Waals surface area contributed by atoms with Crippen molar-refractivity contribution in [3.8, 4) is 0 Å². The molecule has 0 aliphatic heterocycles. The van der Waals surface area contributed by atoms with Crippen LogP contribution in [0.25, 0.3) is 0 Å². The van der Waals surface area contributed by atoms with E-state index in [1.165, 1.54) is 173 Å². The highest BCUT2D eigenvalue weighted by Crippen LogP contribution is 2.17. The van der Waals surface area contributed by atoms with Crippen LogP contribution in [0.2, 0.25) is 0 Å². The van der Waals surface area contributed by atoms with Crippen LogP contribution in [0.3, 0.4) is 0 Å². The van der Waals surface area contributed by atoms with Gasteiger partial charge in [0.05, 0.1) is 0 Å². The Morgan fingerprint density at radius 2 is 0.534 bits per heavy atom. The smallest absolute Gasteiger partial charge is 0.306 e. The van der Waals surface area contributed by atoms with Crippen molar-refractivity contribution in [2.24, 2.45) is 0 Å². The summed E-state index contributed by atoms with van der Waals surface area (Å²) in [6, 6.07) is 0. The molecule has 0 radical (unpaired) electrons. The quantitative estimate of drug-likeness (QED) is 0.0261. The highest BCUT2D eigenvalue weighted by molar-refractivity contribution is 5.71. The van der Waals surface area contributed by atoms with Crippen molar-refractivity contribution in [1.29, 1.82) is 0 Å². The third kappa shape index (κ3) is 59.6. The molecule has 0 bridgehead atoms. The van der Waals surface area contributed by atoms with E-state index in [1.54, 1.807) is 0 Å². The number of hydrogen-bond acceptors (Lipinski definition) is 6. The Balaban J connectivity index is 4.34. The van der Waals surface area contributed by atoms with E-state index >= 15 is 0 Å². The number of rotatable bonds is 57. The van der Waals surface area contributed by atoms with Crippen LogP contribution in [0, 0.1) is 0 Å². The van der Waals surface area contributed by atoms with Crippen LogP contribution in [-0.4, -0.2) is 37.2 Å². The molecule has 0 aromatic carbocycles. The Labute approximate surface area is 453 Å².